The molecule has 4 rings (SSSR count). The van der Waals surface area contributed by atoms with Gasteiger partial charge in [-0.2, -0.15) is 5.26 Å². The molecule has 0 saturated carbocycles. The number of hydrogen-bond acceptors (Lipinski definition) is 6. The van der Waals surface area contributed by atoms with Gasteiger partial charge in [0.2, 0.25) is 11.8 Å². The Morgan fingerprint density at radius 1 is 0.763 bits per heavy atom. The van der Waals surface area contributed by atoms with E-state index in [9.17, 15) is 19.6 Å². The Kier molecular flexibility index (Phi) is 11.2. The molecule has 208 valence electrons. The van der Waals surface area contributed by atoms with Crippen LogP contribution in [0.4, 0.5) is 0 Å². The highest BCUT2D eigenvalue weighted by molar-refractivity contribution is 6.83. The van der Waals surface area contributed by atoms with Crippen LogP contribution in [0.5, 0.6) is 0 Å². The summed E-state index contributed by atoms with van der Waals surface area (Å²) in [6.07, 6.45) is 15.0. The molecule has 0 unspecified atom stereocenters. The van der Waals surface area contributed by atoms with Gasteiger partial charge in [-0.3, -0.25) is 14.4 Å². The molecular weight excluding hydrogens is 513 g/mol. The molecule has 2 heterocycles. The van der Waals surface area contributed by atoms with Gasteiger partial charge in [0, 0.05) is 19.8 Å². The second kappa shape index (κ2) is 12.2. The number of rotatable bonds is 2. The van der Waals surface area contributed by atoms with Crippen molar-refractivity contribution in [3.8, 4) is 11.8 Å². The van der Waals surface area contributed by atoms with Crippen LogP contribution in [0.3, 0.4) is 0 Å². The Morgan fingerprint density at radius 2 is 1.13 bits per heavy atom. The van der Waals surface area contributed by atoms with Gasteiger partial charge < -0.3 is 14.2 Å². The van der Waals surface area contributed by atoms with Crippen molar-refractivity contribution in [1.82, 2.24) is 9.80 Å². The highest BCUT2D eigenvalue weighted by Gasteiger charge is 2.48. The molecule has 38 heavy (non-hydrogen) atoms. The molecule has 2 spiro atoms. The first-order valence-corrected chi connectivity index (χ1v) is 18.7. The van der Waals surface area contributed by atoms with Gasteiger partial charge in [0.05, 0.1) is 23.9 Å². The number of carbonyl (C=O) groups is 3. The van der Waals surface area contributed by atoms with Crippen molar-refractivity contribution < 1.29 is 18.8 Å². The quantitative estimate of drug-likeness (QED) is 0.275. The molecule has 2 saturated heterocycles. The number of β-lactam (4-membered cyclic amide) rings is 2. The zero-order valence-electron chi connectivity index (χ0n) is 22.5. The maximum Gasteiger partial charge on any atom is 0.226 e. The van der Waals surface area contributed by atoms with Crippen LogP contribution in [-0.2, 0) is 18.8 Å². The van der Waals surface area contributed by atoms with Gasteiger partial charge in [-0.25, -0.2) is 5.26 Å². The number of nitrogens with zero attached hydrogens (tertiary/aromatic N) is 4. The smallest absolute Gasteiger partial charge is 0.226 e. The first kappa shape index (κ1) is 34.9. The molecule has 0 radical (unpaired) electrons. The maximum absolute atomic E-state index is 11.3. The molecule has 4 aliphatic rings. The van der Waals surface area contributed by atoms with Crippen molar-refractivity contribution in [1.29, 1.82) is 10.5 Å². The van der Waals surface area contributed by atoms with Crippen molar-refractivity contribution >= 4 is 34.0 Å². The molecule has 2 fully saturated rings. The Hall–Kier alpha value is -3.06. The number of allylic oxidation sites excluding steroid dienone is 2. The van der Waals surface area contributed by atoms with Crippen LogP contribution in [-0.4, -0.2) is 74.6 Å². The van der Waals surface area contributed by atoms with E-state index in [0.717, 1.165) is 0 Å². The molecule has 0 bridgehead atoms. The monoisotopic (exact) mass is 556 g/mol. The lowest BCUT2D eigenvalue weighted by molar-refractivity contribution is -0.146. The zero-order chi connectivity index (χ0) is 27.6. The Bertz CT molecular complexity index is 1100. The number of ketones is 1. The molecule has 2 aliphatic carbocycles. The van der Waals surface area contributed by atoms with Crippen LogP contribution in [0.2, 0.25) is 39.3 Å². The Labute approximate surface area is 231 Å². The number of likely N-dealkylation sites (N-methyl/N-ethyl adjacent to an activating group) is 2. The van der Waals surface area contributed by atoms with E-state index in [4.69, 9.17) is 9.69 Å². The van der Waals surface area contributed by atoms with Crippen LogP contribution in [0.1, 0.15) is 27.7 Å². The van der Waals surface area contributed by atoms with E-state index in [1.807, 2.05) is 31.8 Å². The molecule has 0 atom stereocenters. The highest BCUT2D eigenvalue weighted by atomic mass is 28.4. The summed E-state index contributed by atoms with van der Waals surface area (Å²) in [5, 5.41) is 17.6. The Morgan fingerprint density at radius 3 is 1.39 bits per heavy atom. The highest BCUT2D eigenvalue weighted by Crippen LogP contribution is 2.38. The largest absolute Gasteiger partial charge is 0.394 e. The predicted octanol–water partition coefficient (Wildman–Crippen LogP) is 4.77. The van der Waals surface area contributed by atoms with E-state index in [1.54, 1.807) is 48.2 Å². The topological polar surface area (TPSA) is 114 Å². The molecular formula is C28H44N4O4Si2. The van der Waals surface area contributed by atoms with Crippen LogP contribution in [0.15, 0.2) is 48.6 Å². The number of carbonyl (C=O) groups excluding carboxylic acids is 3. The molecule has 0 aromatic rings. The average molecular weight is 557 g/mol. The van der Waals surface area contributed by atoms with Gasteiger partial charge in [0.15, 0.2) is 27.8 Å². The summed E-state index contributed by atoms with van der Waals surface area (Å²) in [7, 11) is 0.385. The SMILES string of the molecule is C.C.CN1C(=O)CC12C=CC(=O)C=C2.CN1C(=O)CC12C=CC(C#N)(O[Si](C)(C)C)C=C2.C[Si](C)(C)C#N. The summed E-state index contributed by atoms with van der Waals surface area (Å²) in [6, 6.07) is 2.22. The van der Waals surface area contributed by atoms with Crippen LogP contribution >= 0.6 is 0 Å². The minimum Gasteiger partial charge on any atom is -0.394 e. The fourth-order valence-electron chi connectivity index (χ4n) is 3.81. The van der Waals surface area contributed by atoms with E-state index in [-0.39, 0.29) is 43.5 Å². The molecule has 10 heteroatoms. The van der Waals surface area contributed by atoms with E-state index in [2.05, 4.69) is 31.4 Å². The van der Waals surface area contributed by atoms with Gasteiger partial charge >= 0.3 is 0 Å². The summed E-state index contributed by atoms with van der Waals surface area (Å²) in [5.41, 5.74) is 0.660. The van der Waals surface area contributed by atoms with Crippen molar-refractivity contribution in [2.45, 2.75) is 83.7 Å². The molecule has 0 aromatic heterocycles. The van der Waals surface area contributed by atoms with Crippen molar-refractivity contribution in [3.63, 3.8) is 0 Å². The maximum atomic E-state index is 11.3. The summed E-state index contributed by atoms with van der Waals surface area (Å²) in [6.45, 7) is 12.2. The number of likely N-dealkylation sites (tertiary alicyclic amines) is 2. The Balaban J connectivity index is 0.000000594. The first-order chi connectivity index (χ1) is 16.4. The molecule has 2 amide bonds. The number of nitriles is 2. The van der Waals surface area contributed by atoms with E-state index in [0.29, 0.717) is 12.8 Å². The minimum atomic E-state index is -1.81. The summed E-state index contributed by atoms with van der Waals surface area (Å²) in [4.78, 5) is 36.4. The minimum absolute atomic E-state index is 0. The van der Waals surface area contributed by atoms with Gasteiger partial charge in [-0.1, -0.05) is 58.8 Å². The van der Waals surface area contributed by atoms with E-state index < -0.39 is 22.0 Å². The lowest BCUT2D eigenvalue weighted by Crippen LogP contribution is -2.60. The standard InChI is InChI=1S/C13H18N2O2Si.C9H9NO2.C4H9NSi.2CH4/c1-15-11(16)9-12(15)5-7-13(10-14,8-6-12)17-18(2,3)4;1-10-8(12)6-9(10)4-2-7(11)3-5-9;1-6(2,3)4-5;;/h5-8H,9H2,1-4H3;2-5H,6H2,1H3;1-3H3;2*1H4. The van der Waals surface area contributed by atoms with E-state index >= 15 is 0 Å². The fraction of sp³-hybridized carbons (Fsp3) is 0.536. The lowest BCUT2D eigenvalue weighted by Gasteiger charge is -2.48. The molecule has 0 aromatic carbocycles. The molecule has 8 nitrogen and oxygen atoms in total. The second-order valence-electron chi connectivity index (χ2n) is 11.5. The zero-order valence-corrected chi connectivity index (χ0v) is 24.5. The van der Waals surface area contributed by atoms with Crippen LogP contribution in [0.25, 0.3) is 0 Å². The molecule has 0 N–H and O–H groups in total. The van der Waals surface area contributed by atoms with Crippen LogP contribution < -0.4 is 0 Å². The van der Waals surface area contributed by atoms with Crippen molar-refractivity contribution in [3.05, 3.63) is 48.6 Å². The fourth-order valence-corrected chi connectivity index (χ4v) is 5.00. The van der Waals surface area contributed by atoms with Crippen molar-refractivity contribution in [2.24, 2.45) is 0 Å². The first-order valence-electron chi connectivity index (χ1n) is 11.8. The number of amides is 2. The molecule has 2 aliphatic heterocycles. The average Bonchev–Trinajstić information content (AvgIpc) is 2.81. The third kappa shape index (κ3) is 7.97. The lowest BCUT2D eigenvalue weighted by atomic mass is 9.78. The van der Waals surface area contributed by atoms with Crippen molar-refractivity contribution in [2.75, 3.05) is 14.1 Å². The summed E-state index contributed by atoms with van der Waals surface area (Å²) < 4.78 is 5.94. The third-order valence-corrected chi connectivity index (χ3v) is 7.78. The second-order valence-corrected chi connectivity index (χ2v) is 20.6. The third-order valence-electron chi connectivity index (χ3n) is 6.16. The normalized spacial score (nSPS) is 25.9. The summed E-state index contributed by atoms with van der Waals surface area (Å²) >= 11 is 0. The van der Waals surface area contributed by atoms with Crippen LogP contribution in [0, 0.1) is 22.3 Å². The predicted molar refractivity (Wildman–Crippen MR) is 157 cm³/mol. The van der Waals surface area contributed by atoms with Gasteiger partial charge in [-0.15, -0.1) is 0 Å². The van der Waals surface area contributed by atoms with Gasteiger partial charge in [0.25, 0.3) is 0 Å². The van der Waals surface area contributed by atoms with E-state index in [1.165, 1.54) is 12.2 Å². The van der Waals surface area contributed by atoms with Gasteiger partial charge in [-0.05, 0) is 43.9 Å². The van der Waals surface area contributed by atoms with Gasteiger partial charge in [0.1, 0.15) is 6.07 Å². The number of hydrogen-bond donors (Lipinski definition) is 0. The summed E-state index contributed by atoms with van der Waals surface area (Å²) in [5.74, 6) is 0.242.